The van der Waals surface area contributed by atoms with Gasteiger partial charge in [0.25, 0.3) is 0 Å². The van der Waals surface area contributed by atoms with Crippen LogP contribution in [0.15, 0.2) is 12.1 Å². The van der Waals surface area contributed by atoms with E-state index in [2.05, 4.69) is 15.3 Å². The summed E-state index contributed by atoms with van der Waals surface area (Å²) in [5, 5.41) is 17.3. The first-order valence-corrected chi connectivity index (χ1v) is 4.89. The second kappa shape index (κ2) is 3.90. The van der Waals surface area contributed by atoms with E-state index in [0.29, 0.717) is 23.6 Å². The molecule has 0 atom stereocenters. The molecule has 2 aromatic rings. The van der Waals surface area contributed by atoms with Crippen molar-refractivity contribution in [2.24, 2.45) is 12.8 Å². The van der Waals surface area contributed by atoms with E-state index in [0.717, 1.165) is 5.69 Å². The van der Waals surface area contributed by atoms with E-state index in [9.17, 15) is 5.11 Å². The Kier molecular flexibility index (Phi) is 2.57. The van der Waals surface area contributed by atoms with Crippen LogP contribution in [0, 0.1) is 6.92 Å². The molecule has 84 valence electrons. The Bertz CT molecular complexity index is 520. The Morgan fingerprint density at radius 2 is 2.19 bits per heavy atom. The first-order valence-electron chi connectivity index (χ1n) is 4.89. The first-order chi connectivity index (χ1) is 7.63. The molecule has 0 fully saturated rings. The van der Waals surface area contributed by atoms with Gasteiger partial charge in [-0.25, -0.2) is 4.98 Å². The van der Waals surface area contributed by atoms with Crippen LogP contribution in [0.25, 0.3) is 11.4 Å². The van der Waals surface area contributed by atoms with Crippen LogP contribution in [-0.2, 0) is 13.6 Å². The summed E-state index contributed by atoms with van der Waals surface area (Å²) in [6.07, 6.45) is 0. The molecule has 0 radical (unpaired) electrons. The number of pyridine rings is 1. The summed E-state index contributed by atoms with van der Waals surface area (Å²) in [7, 11) is 1.78. The van der Waals surface area contributed by atoms with Crippen molar-refractivity contribution in [3.05, 3.63) is 23.5 Å². The van der Waals surface area contributed by atoms with Crippen LogP contribution >= 0.6 is 0 Å². The molecule has 3 N–H and O–H groups in total. The van der Waals surface area contributed by atoms with Crippen molar-refractivity contribution in [2.45, 2.75) is 13.5 Å². The first kappa shape index (κ1) is 10.6. The molecule has 2 heterocycles. The van der Waals surface area contributed by atoms with E-state index in [-0.39, 0.29) is 5.75 Å². The highest BCUT2D eigenvalue weighted by atomic mass is 16.3. The number of nitrogens with two attached hydrogens (primary N) is 1. The monoisotopic (exact) mass is 219 g/mol. The molecule has 0 saturated heterocycles. The summed E-state index contributed by atoms with van der Waals surface area (Å²) in [4.78, 5) is 4.24. The highest BCUT2D eigenvalue weighted by Gasteiger charge is 2.13. The third-order valence-electron chi connectivity index (χ3n) is 2.44. The lowest BCUT2D eigenvalue weighted by molar-refractivity contribution is 0.468. The summed E-state index contributed by atoms with van der Waals surface area (Å²) >= 11 is 0. The average Bonchev–Trinajstić information content (AvgIpc) is 2.63. The van der Waals surface area contributed by atoms with Crippen molar-refractivity contribution in [3.63, 3.8) is 0 Å². The summed E-state index contributed by atoms with van der Waals surface area (Å²) in [6, 6.07) is 3.29. The fourth-order valence-corrected chi connectivity index (χ4v) is 1.49. The molecule has 2 aromatic heterocycles. The number of hydrogen-bond acceptors (Lipinski definition) is 5. The van der Waals surface area contributed by atoms with Gasteiger partial charge in [0.2, 0.25) is 0 Å². The van der Waals surface area contributed by atoms with E-state index in [1.165, 1.54) is 0 Å². The number of aryl methyl sites for hydroxylation is 2. The Hall–Kier alpha value is -1.95. The molecule has 0 aliphatic rings. The van der Waals surface area contributed by atoms with E-state index in [1.54, 1.807) is 30.8 Å². The molecule has 16 heavy (non-hydrogen) atoms. The van der Waals surface area contributed by atoms with Gasteiger partial charge in [0, 0.05) is 13.6 Å². The number of hydrogen-bond donors (Lipinski definition) is 2. The van der Waals surface area contributed by atoms with Crippen molar-refractivity contribution in [3.8, 4) is 17.1 Å². The molecule has 2 rings (SSSR count). The van der Waals surface area contributed by atoms with E-state index < -0.39 is 0 Å². The maximum atomic E-state index is 9.39. The molecule has 6 heteroatoms. The average molecular weight is 219 g/mol. The number of aromatic hydroxyl groups is 1. The normalized spacial score (nSPS) is 10.7. The molecule has 0 spiro atoms. The largest absolute Gasteiger partial charge is 0.506 e. The number of rotatable bonds is 2. The lowest BCUT2D eigenvalue weighted by Crippen LogP contribution is -2.05. The maximum Gasteiger partial charge on any atom is 0.136 e. The second-order valence-electron chi connectivity index (χ2n) is 3.51. The molecular weight excluding hydrogens is 206 g/mol. The van der Waals surface area contributed by atoms with Crippen LogP contribution in [0.5, 0.6) is 5.75 Å². The Morgan fingerprint density at radius 1 is 1.44 bits per heavy atom. The molecule has 0 bridgehead atoms. The van der Waals surface area contributed by atoms with Gasteiger partial charge >= 0.3 is 0 Å². The smallest absolute Gasteiger partial charge is 0.136 e. The van der Waals surface area contributed by atoms with Crippen molar-refractivity contribution in [1.82, 2.24) is 20.0 Å². The molecule has 0 saturated carbocycles. The SMILES string of the molecule is Cc1nc(-c2nnn(C)c2CN)ccc1O. The van der Waals surface area contributed by atoms with Gasteiger partial charge in [-0.2, -0.15) is 0 Å². The topological polar surface area (TPSA) is 89.9 Å². The van der Waals surface area contributed by atoms with Crippen LogP contribution in [0.1, 0.15) is 11.4 Å². The van der Waals surface area contributed by atoms with Crippen LogP contribution < -0.4 is 5.73 Å². The lowest BCUT2D eigenvalue weighted by atomic mass is 10.2. The minimum absolute atomic E-state index is 0.168. The van der Waals surface area contributed by atoms with Gasteiger partial charge in [-0.3, -0.25) is 4.68 Å². The van der Waals surface area contributed by atoms with Crippen molar-refractivity contribution in [1.29, 1.82) is 0 Å². The van der Waals surface area contributed by atoms with E-state index in [1.807, 2.05) is 0 Å². The van der Waals surface area contributed by atoms with Gasteiger partial charge in [0.1, 0.15) is 11.4 Å². The quantitative estimate of drug-likeness (QED) is 0.760. The predicted octanol–water partition coefficient (Wildman–Crippen LogP) is 0.350. The minimum Gasteiger partial charge on any atom is -0.506 e. The molecule has 0 amide bonds. The minimum atomic E-state index is 0.168. The molecular formula is C10H13N5O. The maximum absolute atomic E-state index is 9.39. The Balaban J connectivity index is 2.54. The van der Waals surface area contributed by atoms with E-state index >= 15 is 0 Å². The van der Waals surface area contributed by atoms with Crippen LogP contribution in [-0.4, -0.2) is 25.1 Å². The lowest BCUT2D eigenvalue weighted by Gasteiger charge is -2.03. The van der Waals surface area contributed by atoms with Crippen LogP contribution in [0.3, 0.4) is 0 Å². The molecule has 0 aromatic carbocycles. The van der Waals surface area contributed by atoms with Crippen molar-refractivity contribution >= 4 is 0 Å². The van der Waals surface area contributed by atoms with Crippen LogP contribution in [0.2, 0.25) is 0 Å². The van der Waals surface area contributed by atoms with Gasteiger partial charge in [-0.15, -0.1) is 5.10 Å². The third kappa shape index (κ3) is 1.63. The van der Waals surface area contributed by atoms with Gasteiger partial charge in [0.05, 0.1) is 17.1 Å². The Morgan fingerprint density at radius 3 is 2.81 bits per heavy atom. The van der Waals surface area contributed by atoms with Gasteiger partial charge in [-0.1, -0.05) is 5.21 Å². The van der Waals surface area contributed by atoms with Gasteiger partial charge in [-0.05, 0) is 19.1 Å². The summed E-state index contributed by atoms with van der Waals surface area (Å²) in [5.41, 5.74) is 8.33. The summed E-state index contributed by atoms with van der Waals surface area (Å²) < 4.78 is 1.62. The fraction of sp³-hybridized carbons (Fsp3) is 0.300. The number of nitrogens with zero attached hydrogens (tertiary/aromatic N) is 4. The predicted molar refractivity (Wildman–Crippen MR) is 58.5 cm³/mol. The number of aromatic nitrogens is 4. The third-order valence-corrected chi connectivity index (χ3v) is 2.44. The van der Waals surface area contributed by atoms with Crippen LogP contribution in [0.4, 0.5) is 0 Å². The highest BCUT2D eigenvalue weighted by Crippen LogP contribution is 2.22. The van der Waals surface area contributed by atoms with Gasteiger partial charge < -0.3 is 10.8 Å². The molecule has 0 aliphatic carbocycles. The fourth-order valence-electron chi connectivity index (χ4n) is 1.49. The molecule has 0 unspecified atom stereocenters. The standard InChI is InChI=1S/C10H13N5O/c1-6-9(16)4-3-7(12-6)10-8(5-11)15(2)14-13-10/h3-4,16H,5,11H2,1-2H3. The summed E-state index contributed by atoms with van der Waals surface area (Å²) in [5.74, 6) is 0.168. The van der Waals surface area contributed by atoms with E-state index in [4.69, 9.17) is 5.73 Å². The zero-order chi connectivity index (χ0) is 11.7. The zero-order valence-corrected chi connectivity index (χ0v) is 9.18. The molecule has 0 aliphatic heterocycles. The summed E-state index contributed by atoms with van der Waals surface area (Å²) in [6.45, 7) is 2.08. The molecule has 6 nitrogen and oxygen atoms in total. The van der Waals surface area contributed by atoms with Crippen molar-refractivity contribution in [2.75, 3.05) is 0 Å². The zero-order valence-electron chi connectivity index (χ0n) is 9.18. The highest BCUT2D eigenvalue weighted by molar-refractivity contribution is 5.57. The van der Waals surface area contributed by atoms with Gasteiger partial charge in [0.15, 0.2) is 0 Å². The second-order valence-corrected chi connectivity index (χ2v) is 3.51. The van der Waals surface area contributed by atoms with Crippen molar-refractivity contribution < 1.29 is 5.11 Å². The Labute approximate surface area is 92.7 Å².